The van der Waals surface area contributed by atoms with Crippen molar-refractivity contribution in [2.75, 3.05) is 19.5 Å². The quantitative estimate of drug-likeness (QED) is 0.546. The number of aromatic hydroxyl groups is 1. The summed E-state index contributed by atoms with van der Waals surface area (Å²) in [6, 6.07) is 14.1. The van der Waals surface area contributed by atoms with Crippen molar-refractivity contribution in [3.8, 4) is 11.5 Å². The van der Waals surface area contributed by atoms with Gasteiger partial charge < -0.3 is 15.2 Å². The van der Waals surface area contributed by atoms with Gasteiger partial charge in [0.05, 0.1) is 13.0 Å². The smallest absolute Gasteiger partial charge is 0.232 e. The number of amides is 2. The Balaban J connectivity index is 1.61. The highest BCUT2D eigenvalue weighted by atomic mass is 16.5. The van der Waals surface area contributed by atoms with E-state index in [9.17, 15) is 14.7 Å². The van der Waals surface area contributed by atoms with Gasteiger partial charge in [0.2, 0.25) is 17.8 Å². The SMILES string of the molecule is COc1ccc(Nc2nc(Cc3ccc(O)cc3)nc(CC3CC(=O)N(C)C3=O)n2)cc1. The lowest BCUT2D eigenvalue weighted by molar-refractivity contribution is -0.137. The number of rotatable bonds is 7. The van der Waals surface area contributed by atoms with Gasteiger partial charge >= 0.3 is 0 Å². The number of aromatic nitrogens is 3. The minimum absolute atomic E-state index is 0.148. The molecule has 0 bridgehead atoms. The number of hydrogen-bond acceptors (Lipinski definition) is 8. The molecule has 2 heterocycles. The number of carbonyl (C=O) groups is 2. The summed E-state index contributed by atoms with van der Waals surface area (Å²) >= 11 is 0. The van der Waals surface area contributed by atoms with Crippen LogP contribution in [0.1, 0.15) is 23.6 Å². The monoisotopic (exact) mass is 433 g/mol. The maximum atomic E-state index is 12.3. The van der Waals surface area contributed by atoms with Gasteiger partial charge in [-0.3, -0.25) is 14.5 Å². The van der Waals surface area contributed by atoms with E-state index < -0.39 is 5.92 Å². The Hall–Kier alpha value is -4.01. The van der Waals surface area contributed by atoms with Crippen molar-refractivity contribution in [1.82, 2.24) is 19.9 Å². The number of anilines is 2. The molecular weight excluding hydrogens is 410 g/mol. The summed E-state index contributed by atoms with van der Waals surface area (Å²) in [6.07, 6.45) is 0.817. The van der Waals surface area contributed by atoms with E-state index in [0.717, 1.165) is 21.9 Å². The molecule has 164 valence electrons. The van der Waals surface area contributed by atoms with Gasteiger partial charge in [-0.1, -0.05) is 12.1 Å². The molecule has 1 aliphatic rings. The number of carbonyl (C=O) groups excluding carboxylic acids is 2. The molecule has 3 aromatic rings. The van der Waals surface area contributed by atoms with Crippen LogP contribution in [0.25, 0.3) is 0 Å². The summed E-state index contributed by atoms with van der Waals surface area (Å²) in [6.45, 7) is 0. The number of ether oxygens (including phenoxy) is 1. The van der Waals surface area contributed by atoms with Gasteiger partial charge in [0.25, 0.3) is 0 Å². The van der Waals surface area contributed by atoms with Crippen LogP contribution in [0.3, 0.4) is 0 Å². The molecule has 2 N–H and O–H groups in total. The molecule has 1 fully saturated rings. The molecule has 0 saturated carbocycles. The van der Waals surface area contributed by atoms with E-state index in [1.165, 1.54) is 7.05 Å². The minimum Gasteiger partial charge on any atom is -0.508 e. The molecular formula is C23H23N5O4. The predicted molar refractivity (Wildman–Crippen MR) is 117 cm³/mol. The lowest BCUT2D eigenvalue weighted by atomic mass is 10.0. The van der Waals surface area contributed by atoms with E-state index in [2.05, 4.69) is 20.3 Å². The Morgan fingerprint density at radius 3 is 2.34 bits per heavy atom. The molecule has 1 saturated heterocycles. The number of phenols is 1. The molecule has 9 nitrogen and oxygen atoms in total. The second kappa shape index (κ2) is 9.01. The number of phenolic OH excluding ortho intramolecular Hbond substituents is 1. The number of benzene rings is 2. The van der Waals surface area contributed by atoms with E-state index in [0.29, 0.717) is 24.0 Å². The van der Waals surface area contributed by atoms with E-state index in [4.69, 9.17) is 4.74 Å². The predicted octanol–water partition coefficient (Wildman–Crippen LogP) is 2.47. The number of nitrogens with zero attached hydrogens (tertiary/aromatic N) is 4. The Morgan fingerprint density at radius 1 is 1.03 bits per heavy atom. The van der Waals surface area contributed by atoms with E-state index in [1.807, 2.05) is 24.3 Å². The van der Waals surface area contributed by atoms with E-state index in [-0.39, 0.29) is 30.4 Å². The Morgan fingerprint density at radius 2 is 1.72 bits per heavy atom. The third-order valence-electron chi connectivity index (χ3n) is 5.28. The van der Waals surface area contributed by atoms with Crippen LogP contribution in [0.4, 0.5) is 11.6 Å². The second-order valence-corrected chi connectivity index (χ2v) is 7.58. The van der Waals surface area contributed by atoms with E-state index >= 15 is 0 Å². The first-order valence-corrected chi connectivity index (χ1v) is 10.1. The number of methoxy groups -OCH3 is 1. The van der Waals surface area contributed by atoms with Gasteiger partial charge in [0.1, 0.15) is 23.1 Å². The van der Waals surface area contributed by atoms with Gasteiger partial charge in [-0.15, -0.1) is 0 Å². The van der Waals surface area contributed by atoms with Crippen molar-refractivity contribution in [3.05, 3.63) is 65.7 Å². The minimum atomic E-state index is -0.481. The van der Waals surface area contributed by atoms with Crippen molar-refractivity contribution in [2.45, 2.75) is 19.3 Å². The average Bonchev–Trinajstić information content (AvgIpc) is 3.02. The van der Waals surface area contributed by atoms with E-state index in [1.54, 1.807) is 31.4 Å². The zero-order valence-electron chi connectivity index (χ0n) is 17.8. The number of likely N-dealkylation sites (tertiary alicyclic amines) is 1. The molecule has 4 rings (SSSR count). The average molecular weight is 433 g/mol. The van der Waals surface area contributed by atoms with Crippen LogP contribution in [-0.4, -0.2) is 50.9 Å². The molecule has 2 amide bonds. The van der Waals surface area contributed by atoms with Crippen LogP contribution in [0.2, 0.25) is 0 Å². The highest BCUT2D eigenvalue weighted by Crippen LogP contribution is 2.23. The summed E-state index contributed by atoms with van der Waals surface area (Å²) < 4.78 is 5.18. The van der Waals surface area contributed by atoms with Crippen molar-refractivity contribution in [2.24, 2.45) is 5.92 Å². The zero-order valence-corrected chi connectivity index (χ0v) is 17.8. The summed E-state index contributed by atoms with van der Waals surface area (Å²) in [4.78, 5) is 38.9. The molecule has 9 heteroatoms. The fraction of sp³-hybridized carbons (Fsp3) is 0.261. The Bertz CT molecular complexity index is 1130. The maximum absolute atomic E-state index is 12.3. The first kappa shape index (κ1) is 21.2. The number of hydrogen-bond donors (Lipinski definition) is 2. The maximum Gasteiger partial charge on any atom is 0.232 e. The third-order valence-corrected chi connectivity index (χ3v) is 5.28. The van der Waals surface area contributed by atoms with Crippen LogP contribution in [0, 0.1) is 5.92 Å². The van der Waals surface area contributed by atoms with Crippen LogP contribution >= 0.6 is 0 Å². The van der Waals surface area contributed by atoms with Crippen LogP contribution < -0.4 is 10.1 Å². The topological polar surface area (TPSA) is 118 Å². The van der Waals surface area contributed by atoms with Crippen molar-refractivity contribution >= 4 is 23.5 Å². The molecule has 1 aliphatic heterocycles. The van der Waals surface area contributed by atoms with Crippen LogP contribution in [-0.2, 0) is 22.4 Å². The summed E-state index contributed by atoms with van der Waals surface area (Å²) in [5.41, 5.74) is 1.69. The number of nitrogens with one attached hydrogen (secondary N) is 1. The summed E-state index contributed by atoms with van der Waals surface area (Å²) in [5.74, 6) is 1.31. The highest BCUT2D eigenvalue weighted by Gasteiger charge is 2.36. The fourth-order valence-corrected chi connectivity index (χ4v) is 3.51. The first-order chi connectivity index (χ1) is 15.4. The van der Waals surface area contributed by atoms with Gasteiger partial charge in [-0.2, -0.15) is 9.97 Å². The first-order valence-electron chi connectivity index (χ1n) is 10.1. The van der Waals surface area contributed by atoms with Crippen molar-refractivity contribution in [1.29, 1.82) is 0 Å². The lowest BCUT2D eigenvalue weighted by Gasteiger charge is -2.12. The van der Waals surface area contributed by atoms with Gasteiger partial charge in [-0.05, 0) is 42.0 Å². The Labute approximate surface area is 185 Å². The normalized spacial score (nSPS) is 15.8. The zero-order chi connectivity index (χ0) is 22.7. The van der Waals surface area contributed by atoms with Crippen LogP contribution in [0.15, 0.2) is 48.5 Å². The molecule has 1 unspecified atom stereocenters. The molecule has 0 spiro atoms. The molecule has 0 radical (unpaired) electrons. The standard InChI is InChI=1S/C23H23N5O4/c1-28-21(30)13-15(22(28)31)12-20-25-19(11-14-3-7-17(29)8-4-14)26-23(27-20)24-16-5-9-18(32-2)10-6-16/h3-10,15,29H,11-13H2,1-2H3,(H,24,25,26,27). The second-order valence-electron chi connectivity index (χ2n) is 7.58. The highest BCUT2D eigenvalue weighted by molar-refractivity contribution is 6.03. The van der Waals surface area contributed by atoms with Crippen molar-refractivity contribution < 1.29 is 19.4 Å². The molecule has 2 aromatic carbocycles. The fourth-order valence-electron chi connectivity index (χ4n) is 3.51. The number of imide groups is 1. The molecule has 1 aromatic heterocycles. The molecule has 1 atom stereocenters. The summed E-state index contributed by atoms with van der Waals surface area (Å²) in [5, 5.41) is 12.7. The molecule has 0 aliphatic carbocycles. The largest absolute Gasteiger partial charge is 0.508 e. The Kier molecular flexibility index (Phi) is 5.98. The van der Waals surface area contributed by atoms with Crippen LogP contribution in [0.5, 0.6) is 11.5 Å². The molecule has 32 heavy (non-hydrogen) atoms. The van der Waals surface area contributed by atoms with Gasteiger partial charge in [0, 0.05) is 32.0 Å². The van der Waals surface area contributed by atoms with Gasteiger partial charge in [-0.25, -0.2) is 4.98 Å². The van der Waals surface area contributed by atoms with Crippen molar-refractivity contribution in [3.63, 3.8) is 0 Å². The van der Waals surface area contributed by atoms with Gasteiger partial charge in [0.15, 0.2) is 0 Å². The summed E-state index contributed by atoms with van der Waals surface area (Å²) in [7, 11) is 3.09. The lowest BCUT2D eigenvalue weighted by Crippen LogP contribution is -2.26. The third kappa shape index (κ3) is 4.83.